The molecule has 1 aromatic heterocycles. The van der Waals surface area contributed by atoms with Crippen LogP contribution in [0.4, 0.5) is 0 Å². The van der Waals surface area contributed by atoms with Crippen LogP contribution in [-0.2, 0) is 11.2 Å². The molecule has 0 unspecified atom stereocenters. The van der Waals surface area contributed by atoms with E-state index in [0.717, 1.165) is 64.2 Å². The van der Waals surface area contributed by atoms with Gasteiger partial charge in [-0.2, -0.15) is 0 Å². The minimum absolute atomic E-state index is 0.0607. The van der Waals surface area contributed by atoms with E-state index in [2.05, 4.69) is 17.1 Å². The minimum atomic E-state index is 0.0607. The zero-order valence-electron chi connectivity index (χ0n) is 12.2. The Bertz CT molecular complexity index is 414. The number of hydrogen-bond donors (Lipinski definition) is 1. The van der Waals surface area contributed by atoms with Crippen molar-refractivity contribution in [2.75, 3.05) is 39.4 Å². The fraction of sp³-hybridized carbons (Fsp3) is 0.667. The Morgan fingerprint density at radius 2 is 2.25 bits per heavy atom. The molecule has 0 aliphatic carbocycles. The average Bonchev–Trinajstić information content (AvgIpc) is 2.94. The van der Waals surface area contributed by atoms with Gasteiger partial charge in [-0.3, -0.25) is 9.69 Å². The van der Waals surface area contributed by atoms with E-state index in [1.54, 1.807) is 11.3 Å². The Hall–Kier alpha value is -0.910. The van der Waals surface area contributed by atoms with Crippen molar-refractivity contribution in [3.05, 3.63) is 21.9 Å². The fourth-order valence-corrected chi connectivity index (χ4v) is 3.28. The van der Waals surface area contributed by atoms with Gasteiger partial charge in [-0.05, 0) is 25.5 Å². The van der Waals surface area contributed by atoms with Crippen molar-refractivity contribution in [1.29, 1.82) is 0 Å². The van der Waals surface area contributed by atoms with Gasteiger partial charge in [0.2, 0.25) is 0 Å². The first-order valence-electron chi connectivity index (χ1n) is 7.45. The smallest absolute Gasteiger partial charge is 0.252 e. The number of rotatable bonds is 7. The van der Waals surface area contributed by atoms with Gasteiger partial charge < -0.3 is 10.1 Å². The van der Waals surface area contributed by atoms with Crippen LogP contribution < -0.4 is 5.32 Å². The standard InChI is InChI=1S/C15H24N2O2S/c1-2-4-14-11-13(12-20-14)15(18)16-5-3-6-17-7-9-19-10-8-17/h11-12H,2-10H2,1H3,(H,16,18). The fourth-order valence-electron chi connectivity index (χ4n) is 2.31. The van der Waals surface area contributed by atoms with E-state index in [9.17, 15) is 4.79 Å². The summed E-state index contributed by atoms with van der Waals surface area (Å²) in [6, 6.07) is 2.02. The van der Waals surface area contributed by atoms with E-state index in [4.69, 9.17) is 4.74 Å². The van der Waals surface area contributed by atoms with E-state index < -0.39 is 0 Å². The predicted molar refractivity (Wildman–Crippen MR) is 82.5 cm³/mol. The lowest BCUT2D eigenvalue weighted by molar-refractivity contribution is 0.0374. The molecular weight excluding hydrogens is 272 g/mol. The van der Waals surface area contributed by atoms with Crippen LogP contribution in [0.5, 0.6) is 0 Å². The molecule has 1 fully saturated rings. The number of ether oxygens (including phenoxy) is 1. The molecule has 0 atom stereocenters. The van der Waals surface area contributed by atoms with E-state index >= 15 is 0 Å². The first-order valence-corrected chi connectivity index (χ1v) is 8.33. The lowest BCUT2D eigenvalue weighted by Crippen LogP contribution is -2.38. The maximum absolute atomic E-state index is 12.0. The molecule has 0 bridgehead atoms. The molecule has 1 aliphatic heterocycles. The van der Waals surface area contributed by atoms with Crippen LogP contribution in [0, 0.1) is 0 Å². The van der Waals surface area contributed by atoms with Crippen LogP contribution in [0.15, 0.2) is 11.4 Å². The Morgan fingerprint density at radius 3 is 3.00 bits per heavy atom. The van der Waals surface area contributed by atoms with Crippen molar-refractivity contribution in [2.24, 2.45) is 0 Å². The number of thiophene rings is 1. The second-order valence-electron chi connectivity index (χ2n) is 5.12. The van der Waals surface area contributed by atoms with Crippen molar-refractivity contribution in [1.82, 2.24) is 10.2 Å². The minimum Gasteiger partial charge on any atom is -0.379 e. The number of carbonyl (C=O) groups is 1. The van der Waals surface area contributed by atoms with Crippen LogP contribution >= 0.6 is 11.3 Å². The molecule has 0 radical (unpaired) electrons. The largest absolute Gasteiger partial charge is 0.379 e. The van der Waals surface area contributed by atoms with Crippen molar-refractivity contribution >= 4 is 17.2 Å². The molecule has 1 N–H and O–H groups in total. The SMILES string of the molecule is CCCc1cc(C(=O)NCCCN2CCOCC2)cs1. The van der Waals surface area contributed by atoms with Gasteiger partial charge in [0, 0.05) is 29.9 Å². The quantitative estimate of drug-likeness (QED) is 0.784. The van der Waals surface area contributed by atoms with Gasteiger partial charge in [-0.25, -0.2) is 0 Å². The zero-order valence-corrected chi connectivity index (χ0v) is 13.0. The maximum Gasteiger partial charge on any atom is 0.252 e. The van der Waals surface area contributed by atoms with Crippen molar-refractivity contribution in [2.45, 2.75) is 26.2 Å². The lowest BCUT2D eigenvalue weighted by atomic mass is 10.2. The molecule has 0 spiro atoms. The Labute approximate surface area is 125 Å². The molecule has 4 nitrogen and oxygen atoms in total. The van der Waals surface area contributed by atoms with E-state index in [-0.39, 0.29) is 5.91 Å². The summed E-state index contributed by atoms with van der Waals surface area (Å²) in [7, 11) is 0. The van der Waals surface area contributed by atoms with E-state index in [1.165, 1.54) is 4.88 Å². The molecule has 5 heteroatoms. The van der Waals surface area contributed by atoms with Crippen LogP contribution in [0.25, 0.3) is 0 Å². The summed E-state index contributed by atoms with van der Waals surface area (Å²) in [5, 5.41) is 4.96. The second-order valence-corrected chi connectivity index (χ2v) is 6.11. The van der Waals surface area contributed by atoms with Gasteiger partial charge in [0.1, 0.15) is 0 Å². The molecule has 112 valence electrons. The molecule has 1 aliphatic rings. The molecule has 2 heterocycles. The summed E-state index contributed by atoms with van der Waals surface area (Å²) in [5.41, 5.74) is 0.810. The summed E-state index contributed by atoms with van der Waals surface area (Å²) in [6.07, 6.45) is 3.19. The zero-order chi connectivity index (χ0) is 14.2. The van der Waals surface area contributed by atoms with Gasteiger partial charge >= 0.3 is 0 Å². The Kier molecular flexibility index (Phi) is 6.50. The summed E-state index contributed by atoms with van der Waals surface area (Å²) in [5.74, 6) is 0.0607. The summed E-state index contributed by atoms with van der Waals surface area (Å²) in [4.78, 5) is 15.7. The Balaban J connectivity index is 1.63. The molecule has 20 heavy (non-hydrogen) atoms. The van der Waals surface area contributed by atoms with Crippen LogP contribution in [0.3, 0.4) is 0 Å². The number of amides is 1. The third-order valence-corrected chi connectivity index (χ3v) is 4.45. The predicted octanol–water partition coefficient (Wildman–Crippen LogP) is 2.15. The van der Waals surface area contributed by atoms with Crippen LogP contribution in [0.2, 0.25) is 0 Å². The Morgan fingerprint density at radius 1 is 1.45 bits per heavy atom. The molecule has 0 saturated carbocycles. The molecule has 1 aromatic rings. The molecular formula is C15H24N2O2S. The normalized spacial score (nSPS) is 16.2. The number of nitrogens with zero attached hydrogens (tertiary/aromatic N) is 1. The number of morpholine rings is 1. The highest BCUT2D eigenvalue weighted by Gasteiger charge is 2.10. The van der Waals surface area contributed by atoms with Gasteiger partial charge in [-0.1, -0.05) is 13.3 Å². The highest BCUT2D eigenvalue weighted by atomic mass is 32.1. The molecule has 0 aromatic carbocycles. The first-order chi connectivity index (χ1) is 9.79. The van der Waals surface area contributed by atoms with Crippen LogP contribution in [0.1, 0.15) is 35.0 Å². The topological polar surface area (TPSA) is 41.6 Å². The van der Waals surface area contributed by atoms with E-state index in [0.29, 0.717) is 0 Å². The van der Waals surface area contributed by atoms with Gasteiger partial charge in [-0.15, -0.1) is 11.3 Å². The van der Waals surface area contributed by atoms with Gasteiger partial charge in [0.05, 0.1) is 18.8 Å². The highest BCUT2D eigenvalue weighted by Crippen LogP contribution is 2.16. The summed E-state index contributed by atoms with van der Waals surface area (Å²) >= 11 is 1.68. The third-order valence-electron chi connectivity index (χ3n) is 3.45. The third kappa shape index (κ3) is 4.89. The monoisotopic (exact) mass is 296 g/mol. The molecule has 2 rings (SSSR count). The summed E-state index contributed by atoms with van der Waals surface area (Å²) in [6.45, 7) is 7.63. The number of hydrogen-bond acceptors (Lipinski definition) is 4. The van der Waals surface area contributed by atoms with E-state index in [1.807, 2.05) is 11.4 Å². The number of nitrogens with one attached hydrogen (secondary N) is 1. The maximum atomic E-state index is 12.0. The van der Waals surface area contributed by atoms with Crippen LogP contribution in [-0.4, -0.2) is 50.2 Å². The second kappa shape index (κ2) is 8.39. The average molecular weight is 296 g/mol. The van der Waals surface area contributed by atoms with Gasteiger partial charge in [0.25, 0.3) is 5.91 Å². The lowest BCUT2D eigenvalue weighted by Gasteiger charge is -2.26. The van der Waals surface area contributed by atoms with Crippen molar-refractivity contribution in [3.63, 3.8) is 0 Å². The number of aryl methyl sites for hydroxylation is 1. The van der Waals surface area contributed by atoms with Crippen molar-refractivity contribution < 1.29 is 9.53 Å². The molecule has 1 amide bonds. The van der Waals surface area contributed by atoms with Gasteiger partial charge in [0.15, 0.2) is 0 Å². The van der Waals surface area contributed by atoms with Crippen molar-refractivity contribution in [3.8, 4) is 0 Å². The molecule has 1 saturated heterocycles. The number of carbonyl (C=O) groups excluding carboxylic acids is 1. The first kappa shape index (κ1) is 15.5. The highest BCUT2D eigenvalue weighted by molar-refractivity contribution is 7.10. The summed E-state index contributed by atoms with van der Waals surface area (Å²) < 4.78 is 5.31.